The van der Waals surface area contributed by atoms with Crippen LogP contribution in [-0.2, 0) is 32.7 Å². The van der Waals surface area contributed by atoms with Crippen molar-refractivity contribution >= 4 is 19.8 Å². The molecule has 0 heterocycles. The molecule has 0 radical (unpaired) electrons. The molecule has 0 saturated carbocycles. The molecule has 0 rings (SSSR count). The third-order valence-electron chi connectivity index (χ3n) is 10.3. The first kappa shape index (κ1) is 60.4. The fourth-order valence-corrected chi connectivity index (χ4v) is 7.20. The number of esters is 2. The van der Waals surface area contributed by atoms with Crippen LogP contribution in [0.2, 0.25) is 0 Å². The van der Waals surface area contributed by atoms with Gasteiger partial charge in [0.2, 0.25) is 0 Å². The van der Waals surface area contributed by atoms with Gasteiger partial charge in [-0.25, -0.2) is 0 Å². The van der Waals surface area contributed by atoms with E-state index in [9.17, 15) is 24.2 Å². The molecular weight excluding hydrogens is 814 g/mol. The molecule has 0 bridgehead atoms. The minimum atomic E-state index is -4.66. The topological polar surface area (TPSA) is 131 Å². The maximum absolute atomic E-state index is 12.7. The van der Waals surface area contributed by atoms with Crippen molar-refractivity contribution < 1.29 is 47.2 Å². The molecule has 1 N–H and O–H groups in total. The van der Waals surface area contributed by atoms with Crippen molar-refractivity contribution in [3.8, 4) is 0 Å². The Kier molecular flexibility index (Phi) is 41.5. The summed E-state index contributed by atoms with van der Waals surface area (Å²) in [6.07, 6.45) is 51.4. The van der Waals surface area contributed by atoms with Crippen LogP contribution in [-0.4, -0.2) is 81.2 Å². The number of phosphoric ester groups is 1. The van der Waals surface area contributed by atoms with Crippen LogP contribution in [0.3, 0.4) is 0 Å². The van der Waals surface area contributed by atoms with Gasteiger partial charge in [0.05, 0.1) is 33.9 Å². The van der Waals surface area contributed by atoms with E-state index in [1.54, 1.807) is 6.08 Å². The van der Waals surface area contributed by atoms with Gasteiger partial charge in [0.1, 0.15) is 19.8 Å². The second-order valence-corrected chi connectivity index (χ2v) is 19.1. The van der Waals surface area contributed by atoms with Crippen LogP contribution in [0.25, 0.3) is 0 Å². The summed E-state index contributed by atoms with van der Waals surface area (Å²) >= 11 is 0. The van der Waals surface area contributed by atoms with Gasteiger partial charge in [-0.05, 0) is 44.9 Å². The zero-order valence-corrected chi connectivity index (χ0v) is 41.5. The number of phosphoric acid groups is 1. The maximum Gasteiger partial charge on any atom is 0.306 e. The fraction of sp³-hybridized carbons (Fsp3) is 0.731. The molecule has 0 spiro atoms. The Balaban J connectivity index is 4.42. The fourth-order valence-electron chi connectivity index (χ4n) is 6.47. The summed E-state index contributed by atoms with van der Waals surface area (Å²) in [5.41, 5.74) is 0. The molecule has 0 aromatic carbocycles. The molecule has 0 aliphatic rings. The van der Waals surface area contributed by atoms with Crippen molar-refractivity contribution in [2.45, 2.75) is 199 Å². The van der Waals surface area contributed by atoms with Crippen molar-refractivity contribution in [3.63, 3.8) is 0 Å². The lowest BCUT2D eigenvalue weighted by Gasteiger charge is -2.28. The van der Waals surface area contributed by atoms with E-state index in [1.165, 1.54) is 103 Å². The number of aliphatic hydroxyl groups is 1. The summed E-state index contributed by atoms with van der Waals surface area (Å²) < 4.78 is 33.9. The highest BCUT2D eigenvalue weighted by Gasteiger charge is 2.21. The Hall–Kier alpha value is -2.59. The third-order valence-corrected chi connectivity index (χ3v) is 11.3. The largest absolute Gasteiger partial charge is 0.756 e. The standard InChI is InChI=1S/C52H92NO9P/c1-6-8-10-11-12-13-14-15-16-17-18-19-20-23-26-29-32-35-39-43-51(55)59-47-50(48-61-63(57,58)60-46-45-53(3,4)5)62-52(56)44-40-36-33-30-27-24-21-22-25-28-31-34-38-42-49(54)41-37-9-7-2/h9,22,24-25,27,31,33-34,36-38,42,49-50,54H,6-8,10-21,23,26,28-30,32,35,39-41,43-48H2,1-5H3/b25-22-,27-24-,34-31+,36-33-,37-9-,42-38+/t49?,50-/m1/s1. The predicted molar refractivity (Wildman–Crippen MR) is 260 cm³/mol. The van der Waals surface area contributed by atoms with E-state index in [-0.39, 0.29) is 26.1 Å². The molecule has 0 amide bonds. The average molecular weight is 906 g/mol. The third kappa shape index (κ3) is 47.2. The number of ether oxygens (including phenoxy) is 2. The highest BCUT2D eigenvalue weighted by atomic mass is 31.2. The molecule has 0 aliphatic heterocycles. The van der Waals surface area contributed by atoms with E-state index in [1.807, 2.05) is 63.7 Å². The Bertz CT molecular complexity index is 1320. The molecular formula is C52H92NO9P. The smallest absolute Gasteiger partial charge is 0.306 e. The van der Waals surface area contributed by atoms with Crippen LogP contribution in [0.1, 0.15) is 187 Å². The summed E-state index contributed by atoms with van der Waals surface area (Å²) in [6, 6.07) is 0. The lowest BCUT2D eigenvalue weighted by molar-refractivity contribution is -0.870. The van der Waals surface area contributed by atoms with E-state index in [0.717, 1.165) is 38.5 Å². The molecule has 63 heavy (non-hydrogen) atoms. The number of quaternary nitrogens is 1. The first-order valence-corrected chi connectivity index (χ1v) is 26.2. The van der Waals surface area contributed by atoms with E-state index in [0.29, 0.717) is 30.3 Å². The number of allylic oxidation sites excluding steroid dienone is 10. The van der Waals surface area contributed by atoms with Crippen LogP contribution >= 0.6 is 7.82 Å². The van der Waals surface area contributed by atoms with Gasteiger partial charge in [0, 0.05) is 12.8 Å². The lowest BCUT2D eigenvalue weighted by atomic mass is 10.0. The summed E-state index contributed by atoms with van der Waals surface area (Å²) in [5.74, 6) is -0.952. The molecule has 0 saturated heterocycles. The zero-order valence-electron chi connectivity index (χ0n) is 40.6. The number of carbonyl (C=O) groups excluding carboxylic acids is 2. The lowest BCUT2D eigenvalue weighted by Crippen LogP contribution is -2.37. The van der Waals surface area contributed by atoms with Crippen LogP contribution < -0.4 is 4.89 Å². The number of unbranched alkanes of at least 4 members (excludes halogenated alkanes) is 18. The molecule has 364 valence electrons. The summed E-state index contributed by atoms with van der Waals surface area (Å²) in [5, 5.41) is 9.86. The first-order valence-electron chi connectivity index (χ1n) is 24.8. The number of nitrogens with zero attached hydrogens (tertiary/aromatic N) is 1. The van der Waals surface area contributed by atoms with Gasteiger partial charge in [-0.3, -0.25) is 14.2 Å². The summed E-state index contributed by atoms with van der Waals surface area (Å²) in [4.78, 5) is 37.6. The SMILES string of the molecule is CC/C=C\CC(O)/C=C/C=C/C/C=C\C/C=C\C/C=C\CCC(=O)O[C@H](COC(=O)CCCCCCCCCCCCCCCCCCCCC)COP(=O)([O-])OCC[N+](C)(C)C. The number of aliphatic hydroxyl groups excluding tert-OH is 1. The molecule has 2 unspecified atom stereocenters. The highest BCUT2D eigenvalue weighted by molar-refractivity contribution is 7.45. The van der Waals surface area contributed by atoms with Crippen LogP contribution in [0.15, 0.2) is 72.9 Å². The monoisotopic (exact) mass is 906 g/mol. The predicted octanol–water partition coefficient (Wildman–Crippen LogP) is 12.9. The van der Waals surface area contributed by atoms with Gasteiger partial charge in [0.15, 0.2) is 6.10 Å². The van der Waals surface area contributed by atoms with Crippen molar-refractivity contribution in [3.05, 3.63) is 72.9 Å². The van der Waals surface area contributed by atoms with Gasteiger partial charge in [0.25, 0.3) is 7.82 Å². The maximum atomic E-state index is 12.7. The Morgan fingerprint density at radius 1 is 0.603 bits per heavy atom. The van der Waals surface area contributed by atoms with Crippen LogP contribution in [0, 0.1) is 0 Å². The van der Waals surface area contributed by atoms with E-state index >= 15 is 0 Å². The van der Waals surface area contributed by atoms with Gasteiger partial charge in [-0.1, -0.05) is 202 Å². The Morgan fingerprint density at radius 2 is 1.11 bits per heavy atom. The quantitative estimate of drug-likeness (QED) is 0.0158. The van der Waals surface area contributed by atoms with Crippen LogP contribution in [0.5, 0.6) is 0 Å². The number of likely N-dealkylation sites (N-methyl/N-ethyl adjacent to an activating group) is 1. The Morgan fingerprint density at radius 3 is 1.63 bits per heavy atom. The van der Waals surface area contributed by atoms with E-state index < -0.39 is 38.6 Å². The summed E-state index contributed by atoms with van der Waals surface area (Å²) in [6.45, 7) is 3.93. The van der Waals surface area contributed by atoms with Gasteiger partial charge in [-0.2, -0.15) is 0 Å². The molecule has 0 aliphatic carbocycles. The number of hydrogen-bond donors (Lipinski definition) is 1. The minimum absolute atomic E-state index is 0.0536. The second kappa shape index (κ2) is 43.3. The number of hydrogen-bond acceptors (Lipinski definition) is 9. The van der Waals surface area contributed by atoms with Gasteiger partial charge < -0.3 is 33.0 Å². The Labute approximate surface area is 385 Å². The van der Waals surface area contributed by atoms with Crippen LogP contribution in [0.4, 0.5) is 0 Å². The normalized spacial score (nSPS) is 14.6. The minimum Gasteiger partial charge on any atom is -0.756 e. The van der Waals surface area contributed by atoms with Gasteiger partial charge >= 0.3 is 11.9 Å². The molecule has 10 nitrogen and oxygen atoms in total. The molecule has 0 aromatic rings. The molecule has 3 atom stereocenters. The van der Waals surface area contributed by atoms with Crippen molar-refractivity contribution in [1.29, 1.82) is 0 Å². The first-order chi connectivity index (χ1) is 30.4. The molecule has 11 heteroatoms. The van der Waals surface area contributed by atoms with Crippen molar-refractivity contribution in [1.82, 2.24) is 0 Å². The van der Waals surface area contributed by atoms with E-state index in [4.69, 9.17) is 18.5 Å². The molecule has 0 aromatic heterocycles. The van der Waals surface area contributed by atoms with Gasteiger partial charge in [-0.15, -0.1) is 0 Å². The zero-order chi connectivity index (χ0) is 46.5. The average Bonchev–Trinajstić information content (AvgIpc) is 3.23. The molecule has 0 fully saturated rings. The second-order valence-electron chi connectivity index (χ2n) is 17.7. The van der Waals surface area contributed by atoms with Crippen molar-refractivity contribution in [2.75, 3.05) is 47.5 Å². The van der Waals surface area contributed by atoms with Crippen molar-refractivity contribution in [2.24, 2.45) is 0 Å². The number of rotatable bonds is 44. The number of carbonyl (C=O) groups is 2. The highest BCUT2D eigenvalue weighted by Crippen LogP contribution is 2.38. The summed E-state index contributed by atoms with van der Waals surface area (Å²) in [7, 11) is 1.09. The van der Waals surface area contributed by atoms with E-state index in [2.05, 4.69) is 38.2 Å².